The number of anilines is 1. The topological polar surface area (TPSA) is 59.2 Å². The van der Waals surface area contributed by atoms with E-state index in [4.69, 9.17) is 4.42 Å². The van der Waals surface area contributed by atoms with Crippen LogP contribution >= 0.6 is 11.8 Å². The predicted molar refractivity (Wildman–Crippen MR) is 82.9 cm³/mol. The summed E-state index contributed by atoms with van der Waals surface area (Å²) in [6.07, 6.45) is 4.66. The van der Waals surface area contributed by atoms with Crippen LogP contribution in [0.4, 0.5) is 5.69 Å². The van der Waals surface area contributed by atoms with Crippen molar-refractivity contribution in [1.82, 2.24) is 9.97 Å². The van der Waals surface area contributed by atoms with E-state index in [0.29, 0.717) is 11.6 Å². The highest BCUT2D eigenvalue weighted by Crippen LogP contribution is 2.28. The van der Waals surface area contributed by atoms with Crippen LogP contribution < -0.4 is 4.90 Å². The second kappa shape index (κ2) is 7.26. The standard InChI is InChI=1S/C15H19N3O2S/c1-4-18(5-2)14-9-16-15(17-13(14)6-7-19)21-12-8-11(3)20-10-12/h7-10H,4-6H2,1-3H3. The number of aldehydes is 1. The molecule has 0 spiro atoms. The molecule has 0 saturated heterocycles. The van der Waals surface area contributed by atoms with Crippen LogP contribution in [0, 0.1) is 6.92 Å². The summed E-state index contributed by atoms with van der Waals surface area (Å²) in [4.78, 5) is 22.9. The van der Waals surface area contributed by atoms with Gasteiger partial charge in [-0.2, -0.15) is 0 Å². The maximum atomic E-state index is 10.9. The zero-order valence-electron chi connectivity index (χ0n) is 12.5. The first-order valence-corrected chi connectivity index (χ1v) is 7.77. The van der Waals surface area contributed by atoms with Crippen LogP contribution in [0.3, 0.4) is 0 Å². The van der Waals surface area contributed by atoms with Gasteiger partial charge in [0.05, 0.1) is 22.5 Å². The molecule has 0 bridgehead atoms. The van der Waals surface area contributed by atoms with Crippen molar-refractivity contribution in [3.05, 3.63) is 30.0 Å². The van der Waals surface area contributed by atoms with Crippen molar-refractivity contribution in [3.8, 4) is 0 Å². The number of hydrogen-bond donors (Lipinski definition) is 0. The Balaban J connectivity index is 2.28. The summed E-state index contributed by atoms with van der Waals surface area (Å²) in [6.45, 7) is 7.76. The lowest BCUT2D eigenvalue weighted by Gasteiger charge is -2.22. The molecule has 0 saturated carbocycles. The van der Waals surface area contributed by atoms with Gasteiger partial charge < -0.3 is 14.1 Å². The predicted octanol–water partition coefficient (Wildman–Crippen LogP) is 3.12. The molecule has 0 unspecified atom stereocenters. The highest BCUT2D eigenvalue weighted by Gasteiger charge is 2.13. The van der Waals surface area contributed by atoms with Crippen LogP contribution in [0.5, 0.6) is 0 Å². The van der Waals surface area contributed by atoms with E-state index in [1.807, 2.05) is 13.0 Å². The van der Waals surface area contributed by atoms with Gasteiger partial charge in [0.15, 0.2) is 5.16 Å². The Kier molecular flexibility index (Phi) is 5.38. The fourth-order valence-corrected chi connectivity index (χ4v) is 2.87. The molecule has 2 aromatic rings. The Morgan fingerprint density at radius 1 is 1.38 bits per heavy atom. The second-order valence-corrected chi connectivity index (χ2v) is 5.56. The third kappa shape index (κ3) is 3.85. The molecule has 0 aliphatic heterocycles. The molecule has 0 aliphatic rings. The Labute approximate surface area is 128 Å². The molecule has 0 radical (unpaired) electrons. The summed E-state index contributed by atoms with van der Waals surface area (Å²) >= 11 is 1.43. The van der Waals surface area contributed by atoms with E-state index in [0.717, 1.165) is 41.4 Å². The number of aryl methyl sites for hydroxylation is 1. The molecule has 0 atom stereocenters. The average molecular weight is 305 g/mol. The lowest BCUT2D eigenvalue weighted by Crippen LogP contribution is -2.24. The first kappa shape index (κ1) is 15.6. The number of rotatable bonds is 7. The van der Waals surface area contributed by atoms with Crippen molar-refractivity contribution in [2.45, 2.75) is 37.2 Å². The van der Waals surface area contributed by atoms with Crippen molar-refractivity contribution in [3.63, 3.8) is 0 Å². The summed E-state index contributed by atoms with van der Waals surface area (Å²) in [5, 5.41) is 0.628. The van der Waals surface area contributed by atoms with Crippen LogP contribution in [-0.4, -0.2) is 29.3 Å². The van der Waals surface area contributed by atoms with Gasteiger partial charge in [0.25, 0.3) is 0 Å². The molecular weight excluding hydrogens is 286 g/mol. The SMILES string of the molecule is CCN(CC)c1cnc(Sc2coc(C)c2)nc1CC=O. The molecule has 6 heteroatoms. The van der Waals surface area contributed by atoms with E-state index in [1.54, 1.807) is 12.5 Å². The van der Waals surface area contributed by atoms with Crippen LogP contribution in [-0.2, 0) is 11.2 Å². The van der Waals surface area contributed by atoms with E-state index in [2.05, 4.69) is 28.7 Å². The zero-order chi connectivity index (χ0) is 15.2. The Morgan fingerprint density at radius 3 is 2.71 bits per heavy atom. The number of carbonyl (C=O) groups excluding carboxylic acids is 1. The van der Waals surface area contributed by atoms with Gasteiger partial charge in [0.2, 0.25) is 0 Å². The highest BCUT2D eigenvalue weighted by molar-refractivity contribution is 7.99. The van der Waals surface area contributed by atoms with Crippen LogP contribution in [0.15, 0.2) is 33.0 Å². The second-order valence-electron chi connectivity index (χ2n) is 4.52. The smallest absolute Gasteiger partial charge is 0.192 e. The fraction of sp³-hybridized carbons (Fsp3) is 0.400. The molecule has 0 aromatic carbocycles. The Bertz CT molecular complexity index is 609. The molecular formula is C15H19N3O2S. The van der Waals surface area contributed by atoms with Gasteiger partial charge in [-0.3, -0.25) is 0 Å². The first-order chi connectivity index (χ1) is 10.2. The van der Waals surface area contributed by atoms with Gasteiger partial charge in [-0.1, -0.05) is 0 Å². The Morgan fingerprint density at radius 2 is 2.14 bits per heavy atom. The van der Waals surface area contributed by atoms with Gasteiger partial charge in [-0.05, 0) is 38.6 Å². The average Bonchev–Trinajstić information content (AvgIpc) is 2.88. The number of nitrogens with zero attached hydrogens (tertiary/aromatic N) is 3. The van der Waals surface area contributed by atoms with Gasteiger partial charge in [0, 0.05) is 19.5 Å². The molecule has 21 heavy (non-hydrogen) atoms. The minimum Gasteiger partial charge on any atom is -0.468 e. The van der Waals surface area contributed by atoms with Gasteiger partial charge in [-0.25, -0.2) is 9.97 Å². The molecule has 112 valence electrons. The summed E-state index contributed by atoms with van der Waals surface area (Å²) in [6, 6.07) is 1.94. The maximum absolute atomic E-state index is 10.9. The third-order valence-electron chi connectivity index (χ3n) is 3.12. The highest BCUT2D eigenvalue weighted by atomic mass is 32.2. The van der Waals surface area contributed by atoms with Crippen LogP contribution in [0.1, 0.15) is 25.3 Å². The molecule has 0 amide bonds. The summed E-state index contributed by atoms with van der Waals surface area (Å²) in [5.41, 5.74) is 1.70. The van der Waals surface area contributed by atoms with Crippen molar-refractivity contribution in [2.24, 2.45) is 0 Å². The maximum Gasteiger partial charge on any atom is 0.192 e. The quantitative estimate of drug-likeness (QED) is 0.578. The lowest BCUT2D eigenvalue weighted by atomic mass is 10.2. The molecule has 0 aliphatic carbocycles. The van der Waals surface area contributed by atoms with E-state index < -0.39 is 0 Å². The van der Waals surface area contributed by atoms with Crippen LogP contribution in [0.25, 0.3) is 0 Å². The van der Waals surface area contributed by atoms with Crippen LogP contribution in [0.2, 0.25) is 0 Å². The number of aromatic nitrogens is 2. The molecule has 2 rings (SSSR count). The number of furan rings is 1. The normalized spacial score (nSPS) is 10.6. The van der Waals surface area contributed by atoms with E-state index >= 15 is 0 Å². The summed E-state index contributed by atoms with van der Waals surface area (Å²) in [7, 11) is 0. The molecule has 2 heterocycles. The van der Waals surface area contributed by atoms with Crippen molar-refractivity contribution >= 4 is 23.7 Å². The Hall–Kier alpha value is -1.82. The van der Waals surface area contributed by atoms with Crippen molar-refractivity contribution in [1.29, 1.82) is 0 Å². The van der Waals surface area contributed by atoms with Gasteiger partial charge in [0.1, 0.15) is 18.3 Å². The first-order valence-electron chi connectivity index (χ1n) is 6.95. The van der Waals surface area contributed by atoms with Gasteiger partial charge >= 0.3 is 0 Å². The minimum atomic E-state index is 0.298. The number of hydrogen-bond acceptors (Lipinski definition) is 6. The van der Waals surface area contributed by atoms with E-state index in [-0.39, 0.29) is 0 Å². The van der Waals surface area contributed by atoms with E-state index in [9.17, 15) is 4.79 Å². The fourth-order valence-electron chi connectivity index (χ4n) is 2.08. The van der Waals surface area contributed by atoms with E-state index in [1.165, 1.54) is 11.8 Å². The summed E-state index contributed by atoms with van der Waals surface area (Å²) < 4.78 is 5.27. The zero-order valence-corrected chi connectivity index (χ0v) is 13.3. The molecule has 0 fully saturated rings. The number of carbonyl (C=O) groups is 1. The summed E-state index contributed by atoms with van der Waals surface area (Å²) in [5.74, 6) is 0.852. The largest absolute Gasteiger partial charge is 0.468 e. The van der Waals surface area contributed by atoms with Gasteiger partial charge in [-0.15, -0.1) is 0 Å². The molecule has 2 aromatic heterocycles. The minimum absolute atomic E-state index is 0.298. The molecule has 5 nitrogen and oxygen atoms in total. The van der Waals surface area contributed by atoms with Crippen molar-refractivity contribution in [2.75, 3.05) is 18.0 Å². The molecule has 0 N–H and O–H groups in total. The van der Waals surface area contributed by atoms with Crippen molar-refractivity contribution < 1.29 is 9.21 Å². The third-order valence-corrected chi connectivity index (χ3v) is 3.95. The lowest BCUT2D eigenvalue weighted by molar-refractivity contribution is -0.107. The monoisotopic (exact) mass is 305 g/mol.